The number of aromatic amines is 1. The molecule has 1 amide bonds. The third kappa shape index (κ3) is 3.66. The summed E-state index contributed by atoms with van der Waals surface area (Å²) in [5.41, 5.74) is 2.01. The lowest BCUT2D eigenvalue weighted by molar-refractivity contribution is -0.116. The number of rotatable bonds is 5. The second kappa shape index (κ2) is 7.43. The summed E-state index contributed by atoms with van der Waals surface area (Å²) in [6, 6.07) is 13.1. The molecular weight excluding hydrogens is 356 g/mol. The molecule has 3 heterocycles. The van der Waals surface area contributed by atoms with Gasteiger partial charge in [0.15, 0.2) is 5.65 Å². The molecule has 4 rings (SSSR count). The Morgan fingerprint density at radius 1 is 1.21 bits per heavy atom. The minimum absolute atomic E-state index is 0.170. The van der Waals surface area contributed by atoms with Gasteiger partial charge in [-0.1, -0.05) is 18.2 Å². The lowest BCUT2D eigenvalue weighted by Gasteiger charge is -2.06. The van der Waals surface area contributed by atoms with Gasteiger partial charge in [0, 0.05) is 19.0 Å². The lowest BCUT2D eigenvalue weighted by atomic mass is 10.2. The number of aromatic nitrogens is 5. The molecular formula is C20H18N6O2. The minimum Gasteiger partial charge on any atom is -0.311 e. The normalized spacial score (nSPS) is 10.9. The van der Waals surface area contributed by atoms with Crippen LogP contribution in [0, 0.1) is 6.92 Å². The topological polar surface area (TPSA) is 106 Å². The van der Waals surface area contributed by atoms with Crippen molar-refractivity contribution in [3.8, 4) is 5.69 Å². The zero-order chi connectivity index (χ0) is 19.5. The van der Waals surface area contributed by atoms with Gasteiger partial charge >= 0.3 is 0 Å². The predicted molar refractivity (Wildman–Crippen MR) is 105 cm³/mol. The number of amides is 1. The van der Waals surface area contributed by atoms with Crippen molar-refractivity contribution >= 4 is 22.8 Å². The van der Waals surface area contributed by atoms with Crippen LogP contribution in [0.25, 0.3) is 16.7 Å². The molecule has 0 fully saturated rings. The maximum Gasteiger partial charge on any atom is 0.262 e. The van der Waals surface area contributed by atoms with E-state index in [0.29, 0.717) is 29.1 Å². The predicted octanol–water partition coefficient (Wildman–Crippen LogP) is 2.38. The Kier molecular flexibility index (Phi) is 4.67. The number of nitrogens with zero attached hydrogens (tertiary/aromatic N) is 4. The van der Waals surface area contributed by atoms with E-state index in [4.69, 9.17) is 0 Å². The summed E-state index contributed by atoms with van der Waals surface area (Å²) < 4.78 is 1.62. The number of carbonyl (C=O) groups excluding carboxylic acids is 1. The van der Waals surface area contributed by atoms with Gasteiger partial charge in [-0.15, -0.1) is 0 Å². The van der Waals surface area contributed by atoms with Crippen molar-refractivity contribution in [1.82, 2.24) is 24.7 Å². The van der Waals surface area contributed by atoms with Crippen LogP contribution in [-0.4, -0.2) is 30.6 Å². The molecule has 140 valence electrons. The Balaban J connectivity index is 1.54. The Hall–Kier alpha value is -3.81. The SMILES string of the molecule is Cc1ccnc(NC(=O)CCc2nc3c(cnn3-c3ccccc3)c(=O)[nH]2)c1. The molecule has 0 aliphatic heterocycles. The van der Waals surface area contributed by atoms with Crippen molar-refractivity contribution in [2.45, 2.75) is 19.8 Å². The fourth-order valence-corrected chi connectivity index (χ4v) is 2.88. The highest BCUT2D eigenvalue weighted by Gasteiger charge is 2.12. The number of hydrogen-bond acceptors (Lipinski definition) is 5. The first-order valence-corrected chi connectivity index (χ1v) is 8.85. The molecule has 8 heteroatoms. The van der Waals surface area contributed by atoms with Crippen molar-refractivity contribution in [1.29, 1.82) is 0 Å². The largest absolute Gasteiger partial charge is 0.311 e. The first-order chi connectivity index (χ1) is 13.6. The number of hydrogen-bond donors (Lipinski definition) is 2. The molecule has 4 aromatic rings. The van der Waals surface area contributed by atoms with Crippen LogP contribution in [-0.2, 0) is 11.2 Å². The smallest absolute Gasteiger partial charge is 0.262 e. The molecule has 28 heavy (non-hydrogen) atoms. The van der Waals surface area contributed by atoms with E-state index in [9.17, 15) is 9.59 Å². The number of carbonyl (C=O) groups is 1. The van der Waals surface area contributed by atoms with Gasteiger partial charge < -0.3 is 10.3 Å². The molecule has 0 saturated carbocycles. The highest BCUT2D eigenvalue weighted by Crippen LogP contribution is 2.14. The van der Waals surface area contributed by atoms with E-state index in [1.54, 1.807) is 16.9 Å². The summed E-state index contributed by atoms with van der Waals surface area (Å²) in [5.74, 6) is 0.740. The van der Waals surface area contributed by atoms with E-state index in [1.807, 2.05) is 43.3 Å². The second-order valence-electron chi connectivity index (χ2n) is 6.41. The van der Waals surface area contributed by atoms with Gasteiger partial charge in [-0.2, -0.15) is 5.10 Å². The second-order valence-corrected chi connectivity index (χ2v) is 6.41. The zero-order valence-corrected chi connectivity index (χ0v) is 15.2. The first-order valence-electron chi connectivity index (χ1n) is 8.85. The van der Waals surface area contributed by atoms with E-state index in [2.05, 4.69) is 25.4 Å². The number of aryl methyl sites for hydroxylation is 2. The lowest BCUT2D eigenvalue weighted by Crippen LogP contribution is -2.17. The Bertz CT molecular complexity index is 1200. The minimum atomic E-state index is -0.275. The molecule has 0 aliphatic carbocycles. The van der Waals surface area contributed by atoms with Crippen LogP contribution in [0.1, 0.15) is 17.8 Å². The number of para-hydroxylation sites is 1. The molecule has 0 bridgehead atoms. The van der Waals surface area contributed by atoms with Gasteiger partial charge in [-0.25, -0.2) is 14.6 Å². The molecule has 0 aliphatic rings. The van der Waals surface area contributed by atoms with E-state index >= 15 is 0 Å². The Labute approximate surface area is 160 Å². The summed E-state index contributed by atoms with van der Waals surface area (Å²) in [4.78, 5) is 35.9. The summed E-state index contributed by atoms with van der Waals surface area (Å²) in [5, 5.41) is 7.43. The number of H-pyrrole nitrogens is 1. The van der Waals surface area contributed by atoms with Crippen LogP contribution in [0.15, 0.2) is 59.7 Å². The van der Waals surface area contributed by atoms with Gasteiger partial charge in [-0.05, 0) is 36.8 Å². The molecule has 2 N–H and O–H groups in total. The zero-order valence-electron chi connectivity index (χ0n) is 15.2. The molecule has 0 saturated heterocycles. The molecule has 8 nitrogen and oxygen atoms in total. The summed E-state index contributed by atoms with van der Waals surface area (Å²) in [6.45, 7) is 1.93. The van der Waals surface area contributed by atoms with Gasteiger partial charge in [0.05, 0.1) is 11.9 Å². The van der Waals surface area contributed by atoms with E-state index in [-0.39, 0.29) is 17.9 Å². The molecule has 0 atom stereocenters. The summed E-state index contributed by atoms with van der Waals surface area (Å²) in [6.07, 6.45) is 3.60. The molecule has 0 unspecified atom stereocenters. The first kappa shape index (κ1) is 17.6. The van der Waals surface area contributed by atoms with Crippen LogP contribution < -0.4 is 10.9 Å². The van der Waals surface area contributed by atoms with Crippen LogP contribution >= 0.6 is 0 Å². The van der Waals surface area contributed by atoms with Crippen molar-refractivity contribution < 1.29 is 4.79 Å². The van der Waals surface area contributed by atoms with Gasteiger partial charge in [0.2, 0.25) is 5.91 Å². The molecule has 0 spiro atoms. The molecule has 3 aromatic heterocycles. The third-order valence-corrected chi connectivity index (χ3v) is 4.26. The van der Waals surface area contributed by atoms with Crippen LogP contribution in [0.2, 0.25) is 0 Å². The monoisotopic (exact) mass is 374 g/mol. The van der Waals surface area contributed by atoms with Crippen LogP contribution in [0.3, 0.4) is 0 Å². The maximum absolute atomic E-state index is 12.4. The standard InChI is InChI=1S/C20H18N6O2/c1-13-9-10-21-17(11-13)23-18(27)8-7-16-24-19-15(20(28)25-16)12-22-26(19)14-5-3-2-4-6-14/h2-6,9-12H,7-8H2,1H3,(H,21,23,27)(H,24,25,28). The van der Waals surface area contributed by atoms with Crippen molar-refractivity contribution in [2.24, 2.45) is 0 Å². The highest BCUT2D eigenvalue weighted by molar-refractivity contribution is 5.89. The summed E-state index contributed by atoms with van der Waals surface area (Å²) in [7, 11) is 0. The quantitative estimate of drug-likeness (QED) is 0.558. The third-order valence-electron chi connectivity index (χ3n) is 4.26. The Morgan fingerprint density at radius 3 is 2.82 bits per heavy atom. The van der Waals surface area contributed by atoms with E-state index in [0.717, 1.165) is 11.3 Å². The van der Waals surface area contributed by atoms with Crippen molar-refractivity contribution in [3.05, 3.63) is 76.6 Å². The van der Waals surface area contributed by atoms with Crippen molar-refractivity contribution in [2.75, 3.05) is 5.32 Å². The van der Waals surface area contributed by atoms with Gasteiger partial charge in [-0.3, -0.25) is 9.59 Å². The highest BCUT2D eigenvalue weighted by atomic mass is 16.1. The van der Waals surface area contributed by atoms with Crippen LogP contribution in [0.5, 0.6) is 0 Å². The molecule has 0 radical (unpaired) electrons. The average Bonchev–Trinajstić information content (AvgIpc) is 3.12. The van der Waals surface area contributed by atoms with Crippen molar-refractivity contribution in [3.63, 3.8) is 0 Å². The number of pyridine rings is 1. The van der Waals surface area contributed by atoms with Gasteiger partial charge in [0.25, 0.3) is 5.56 Å². The summed E-state index contributed by atoms with van der Waals surface area (Å²) >= 11 is 0. The average molecular weight is 374 g/mol. The Morgan fingerprint density at radius 2 is 2.04 bits per heavy atom. The fraction of sp³-hybridized carbons (Fsp3) is 0.150. The number of benzene rings is 1. The number of nitrogens with one attached hydrogen (secondary N) is 2. The fourth-order valence-electron chi connectivity index (χ4n) is 2.88. The van der Waals surface area contributed by atoms with Gasteiger partial charge in [0.1, 0.15) is 17.0 Å². The van der Waals surface area contributed by atoms with E-state index < -0.39 is 0 Å². The van der Waals surface area contributed by atoms with E-state index in [1.165, 1.54) is 6.20 Å². The molecule has 1 aromatic carbocycles. The number of anilines is 1. The number of fused-ring (bicyclic) bond motifs is 1. The maximum atomic E-state index is 12.4. The van der Waals surface area contributed by atoms with Crippen LogP contribution in [0.4, 0.5) is 5.82 Å².